The molecule has 0 aromatic carbocycles. The van der Waals surface area contributed by atoms with E-state index >= 15 is 0 Å². The van der Waals surface area contributed by atoms with Crippen LogP contribution in [0.3, 0.4) is 0 Å². The molecule has 2 saturated heterocycles. The van der Waals surface area contributed by atoms with Crippen molar-refractivity contribution in [2.75, 3.05) is 33.2 Å². The Hall–Kier alpha value is -0.610. The van der Waals surface area contributed by atoms with Crippen molar-refractivity contribution in [1.29, 1.82) is 0 Å². The molecule has 4 nitrogen and oxygen atoms in total. The molecular formula is C19H35N3O. The summed E-state index contributed by atoms with van der Waals surface area (Å²) < 4.78 is 0. The highest BCUT2D eigenvalue weighted by atomic mass is 16.1. The first kappa shape index (κ1) is 17.2. The van der Waals surface area contributed by atoms with Gasteiger partial charge in [0.15, 0.2) is 0 Å². The fourth-order valence-electron chi connectivity index (χ4n) is 4.68. The molecule has 0 radical (unpaired) electrons. The molecule has 2 aliphatic heterocycles. The summed E-state index contributed by atoms with van der Waals surface area (Å²) in [6.45, 7) is 4.75. The second kappa shape index (κ2) is 8.48. The van der Waals surface area contributed by atoms with Crippen molar-refractivity contribution in [2.24, 2.45) is 5.92 Å². The molecule has 1 unspecified atom stereocenters. The van der Waals surface area contributed by atoms with Crippen molar-refractivity contribution in [2.45, 2.75) is 76.3 Å². The minimum Gasteiger partial charge on any atom is -0.352 e. The summed E-state index contributed by atoms with van der Waals surface area (Å²) in [4.78, 5) is 17.7. The highest BCUT2D eigenvalue weighted by molar-refractivity contribution is 5.79. The fraction of sp³-hybridized carbons (Fsp3) is 0.947. The molecule has 3 aliphatic rings. The van der Waals surface area contributed by atoms with Crippen LogP contribution < -0.4 is 5.32 Å². The first-order chi connectivity index (χ1) is 11.2. The Kier molecular flexibility index (Phi) is 6.35. The summed E-state index contributed by atoms with van der Waals surface area (Å²) in [7, 11) is 2.22. The number of piperidine rings is 2. The standard InChI is InChI=1S/C19H35N3O/c1-21-13-10-18(11-14-21)22-12-6-9-17(15-22)20-19(23)16-7-4-2-3-5-8-16/h16-18H,2-15H2,1H3,(H,20,23). The molecular weight excluding hydrogens is 286 g/mol. The summed E-state index contributed by atoms with van der Waals surface area (Å²) in [5.74, 6) is 0.637. The fourth-order valence-corrected chi connectivity index (χ4v) is 4.68. The number of hydrogen-bond acceptors (Lipinski definition) is 3. The monoisotopic (exact) mass is 321 g/mol. The van der Waals surface area contributed by atoms with Gasteiger partial charge in [-0.1, -0.05) is 25.7 Å². The Labute approximate surface area is 142 Å². The number of carbonyl (C=O) groups excluding carboxylic acids is 1. The Bertz CT molecular complexity index is 371. The van der Waals surface area contributed by atoms with E-state index in [0.717, 1.165) is 25.4 Å². The zero-order chi connectivity index (χ0) is 16.1. The van der Waals surface area contributed by atoms with Gasteiger partial charge in [-0.2, -0.15) is 0 Å². The maximum absolute atomic E-state index is 12.6. The predicted octanol–water partition coefficient (Wildman–Crippen LogP) is 2.63. The third-order valence-corrected chi connectivity index (χ3v) is 6.23. The SMILES string of the molecule is CN1CCC(N2CCCC(NC(=O)C3CCCCCC3)C2)CC1. The van der Waals surface area contributed by atoms with Crippen LogP contribution in [0.15, 0.2) is 0 Å². The molecule has 1 atom stereocenters. The third kappa shape index (κ3) is 4.93. The molecule has 3 rings (SSSR count). The molecule has 2 heterocycles. The van der Waals surface area contributed by atoms with Crippen LogP contribution in [0.25, 0.3) is 0 Å². The number of hydrogen-bond donors (Lipinski definition) is 1. The van der Waals surface area contributed by atoms with Crippen LogP contribution in [0.5, 0.6) is 0 Å². The van der Waals surface area contributed by atoms with E-state index in [-0.39, 0.29) is 5.92 Å². The normalized spacial score (nSPS) is 30.0. The minimum atomic E-state index is 0.288. The molecule has 1 aliphatic carbocycles. The first-order valence-electron chi connectivity index (χ1n) is 9.95. The molecule has 0 aromatic heterocycles. The van der Waals surface area contributed by atoms with Gasteiger partial charge in [-0.15, -0.1) is 0 Å². The zero-order valence-electron chi connectivity index (χ0n) is 14.9. The highest BCUT2D eigenvalue weighted by Gasteiger charge is 2.30. The van der Waals surface area contributed by atoms with Crippen molar-refractivity contribution in [3.8, 4) is 0 Å². The van der Waals surface area contributed by atoms with E-state index in [0.29, 0.717) is 11.9 Å². The molecule has 132 valence electrons. The van der Waals surface area contributed by atoms with Gasteiger partial charge in [-0.05, 0) is 65.2 Å². The Morgan fingerprint density at radius 2 is 1.57 bits per heavy atom. The number of rotatable bonds is 3. The largest absolute Gasteiger partial charge is 0.352 e. The van der Waals surface area contributed by atoms with E-state index in [1.165, 1.54) is 71.0 Å². The Morgan fingerprint density at radius 1 is 0.870 bits per heavy atom. The van der Waals surface area contributed by atoms with Gasteiger partial charge in [-0.25, -0.2) is 0 Å². The van der Waals surface area contributed by atoms with Gasteiger partial charge in [0.2, 0.25) is 5.91 Å². The molecule has 1 saturated carbocycles. The lowest BCUT2D eigenvalue weighted by atomic mass is 9.96. The van der Waals surface area contributed by atoms with Crippen molar-refractivity contribution >= 4 is 5.91 Å². The van der Waals surface area contributed by atoms with Crippen molar-refractivity contribution in [3.05, 3.63) is 0 Å². The van der Waals surface area contributed by atoms with Gasteiger partial charge in [-0.3, -0.25) is 9.69 Å². The van der Waals surface area contributed by atoms with Crippen molar-refractivity contribution in [3.63, 3.8) is 0 Å². The number of nitrogens with zero attached hydrogens (tertiary/aromatic N) is 2. The number of carbonyl (C=O) groups is 1. The lowest BCUT2D eigenvalue weighted by molar-refractivity contribution is -0.126. The quantitative estimate of drug-likeness (QED) is 0.812. The van der Waals surface area contributed by atoms with Crippen LogP contribution >= 0.6 is 0 Å². The lowest BCUT2D eigenvalue weighted by Gasteiger charge is -2.42. The van der Waals surface area contributed by atoms with Crippen LogP contribution in [0.2, 0.25) is 0 Å². The van der Waals surface area contributed by atoms with Gasteiger partial charge in [0.1, 0.15) is 0 Å². The van der Waals surface area contributed by atoms with Crippen molar-refractivity contribution in [1.82, 2.24) is 15.1 Å². The number of amides is 1. The summed E-state index contributed by atoms with van der Waals surface area (Å²) in [6, 6.07) is 1.13. The molecule has 1 amide bonds. The van der Waals surface area contributed by atoms with E-state index in [2.05, 4.69) is 22.2 Å². The molecule has 1 N–H and O–H groups in total. The van der Waals surface area contributed by atoms with Gasteiger partial charge < -0.3 is 10.2 Å². The van der Waals surface area contributed by atoms with Crippen LogP contribution in [0.4, 0.5) is 0 Å². The van der Waals surface area contributed by atoms with Gasteiger partial charge in [0.05, 0.1) is 0 Å². The highest BCUT2D eigenvalue weighted by Crippen LogP contribution is 2.24. The van der Waals surface area contributed by atoms with Crippen LogP contribution in [0.1, 0.15) is 64.2 Å². The number of nitrogens with one attached hydrogen (secondary N) is 1. The second-order valence-electron chi connectivity index (χ2n) is 8.07. The van der Waals surface area contributed by atoms with Crippen LogP contribution in [-0.2, 0) is 4.79 Å². The molecule has 0 aromatic rings. The molecule has 0 spiro atoms. The van der Waals surface area contributed by atoms with E-state index < -0.39 is 0 Å². The third-order valence-electron chi connectivity index (χ3n) is 6.23. The summed E-state index contributed by atoms with van der Waals surface area (Å²) in [5, 5.41) is 3.40. The minimum absolute atomic E-state index is 0.288. The van der Waals surface area contributed by atoms with Gasteiger partial charge >= 0.3 is 0 Å². The topological polar surface area (TPSA) is 35.6 Å². The van der Waals surface area contributed by atoms with Crippen molar-refractivity contribution < 1.29 is 4.79 Å². The maximum atomic E-state index is 12.6. The molecule has 3 fully saturated rings. The van der Waals surface area contributed by atoms with Gasteiger partial charge in [0, 0.05) is 24.5 Å². The Balaban J connectivity index is 1.47. The molecule has 23 heavy (non-hydrogen) atoms. The van der Waals surface area contributed by atoms with E-state index in [4.69, 9.17) is 0 Å². The lowest BCUT2D eigenvalue weighted by Crippen LogP contribution is -2.53. The van der Waals surface area contributed by atoms with E-state index in [1.54, 1.807) is 0 Å². The average molecular weight is 322 g/mol. The second-order valence-corrected chi connectivity index (χ2v) is 8.07. The smallest absolute Gasteiger partial charge is 0.223 e. The predicted molar refractivity (Wildman–Crippen MR) is 94.4 cm³/mol. The van der Waals surface area contributed by atoms with Crippen LogP contribution in [-0.4, -0.2) is 61.0 Å². The molecule has 4 heteroatoms. The summed E-state index contributed by atoms with van der Waals surface area (Å²) >= 11 is 0. The summed E-state index contributed by atoms with van der Waals surface area (Å²) in [5.41, 5.74) is 0. The van der Waals surface area contributed by atoms with Crippen LogP contribution in [0, 0.1) is 5.92 Å². The first-order valence-corrected chi connectivity index (χ1v) is 9.95. The number of likely N-dealkylation sites (tertiary alicyclic amines) is 2. The zero-order valence-corrected chi connectivity index (χ0v) is 14.9. The summed E-state index contributed by atoms with van der Waals surface area (Å²) in [6.07, 6.45) is 12.3. The Morgan fingerprint density at radius 3 is 2.26 bits per heavy atom. The van der Waals surface area contributed by atoms with E-state index in [9.17, 15) is 4.79 Å². The maximum Gasteiger partial charge on any atom is 0.223 e. The van der Waals surface area contributed by atoms with Gasteiger partial charge in [0.25, 0.3) is 0 Å². The van der Waals surface area contributed by atoms with E-state index in [1.807, 2.05) is 0 Å². The average Bonchev–Trinajstić information content (AvgIpc) is 2.85. The molecule has 0 bridgehead atoms.